The van der Waals surface area contributed by atoms with Gasteiger partial charge in [-0.2, -0.15) is 0 Å². The summed E-state index contributed by atoms with van der Waals surface area (Å²) >= 11 is 0. The van der Waals surface area contributed by atoms with Crippen molar-refractivity contribution in [3.63, 3.8) is 0 Å². The molecule has 0 bridgehead atoms. The van der Waals surface area contributed by atoms with Crippen LogP contribution in [0.5, 0.6) is 0 Å². The van der Waals surface area contributed by atoms with Gasteiger partial charge in [-0.1, -0.05) is 34.6 Å². The van der Waals surface area contributed by atoms with Gasteiger partial charge in [0.25, 0.3) is 0 Å². The molecule has 4 heteroatoms. The van der Waals surface area contributed by atoms with Crippen LogP contribution in [0.4, 0.5) is 0 Å². The lowest BCUT2D eigenvalue weighted by atomic mass is 9.76. The van der Waals surface area contributed by atoms with Gasteiger partial charge < -0.3 is 8.85 Å². The highest BCUT2D eigenvalue weighted by molar-refractivity contribution is 6.74. The van der Waals surface area contributed by atoms with Crippen LogP contribution in [0.25, 0.3) is 0 Å². The van der Waals surface area contributed by atoms with E-state index in [-0.39, 0.29) is 11.1 Å². The molecule has 0 radical (unpaired) electrons. The Morgan fingerprint density at radius 3 is 2.00 bits per heavy atom. The van der Waals surface area contributed by atoms with Crippen molar-refractivity contribution in [2.24, 2.45) is 11.8 Å². The summed E-state index contributed by atoms with van der Waals surface area (Å²) in [5.74, 6) is 2.41. The van der Waals surface area contributed by atoms with Crippen LogP contribution in [-0.4, -0.2) is 22.7 Å². The smallest absolute Gasteiger partial charge is 0.241 e. The third-order valence-corrected chi connectivity index (χ3v) is 11.0. The molecule has 1 fully saturated rings. The monoisotopic (exact) mass is 370 g/mol. The van der Waals surface area contributed by atoms with Crippen molar-refractivity contribution in [1.82, 2.24) is 0 Å². The van der Waals surface area contributed by atoms with Crippen molar-refractivity contribution in [1.29, 1.82) is 0 Å². The van der Waals surface area contributed by atoms with E-state index in [9.17, 15) is 0 Å². The van der Waals surface area contributed by atoms with Gasteiger partial charge in [-0.25, -0.2) is 0 Å². The predicted octanol–water partition coefficient (Wildman–Crippen LogP) is 6.96. The van der Waals surface area contributed by atoms with Gasteiger partial charge in [0.15, 0.2) is 8.32 Å². The second-order valence-electron chi connectivity index (χ2n) is 10.4. The average Bonchev–Trinajstić information content (AvgIpc) is 2.34. The summed E-state index contributed by atoms with van der Waals surface area (Å²) in [6.45, 7) is 25.4. The molecular formula is C20H42O2Si2. The first-order valence-electron chi connectivity index (χ1n) is 9.73. The summed E-state index contributed by atoms with van der Waals surface area (Å²) in [5.41, 5.74) is 1.48. The molecule has 0 unspecified atom stereocenters. The first-order chi connectivity index (χ1) is 10.7. The molecule has 24 heavy (non-hydrogen) atoms. The largest absolute Gasteiger partial charge is 0.547 e. The van der Waals surface area contributed by atoms with Gasteiger partial charge in [0.2, 0.25) is 8.32 Å². The molecule has 1 rings (SSSR count). The predicted molar refractivity (Wildman–Crippen MR) is 111 cm³/mol. The highest BCUT2D eigenvalue weighted by Crippen LogP contribution is 2.44. The Morgan fingerprint density at radius 2 is 1.58 bits per heavy atom. The second-order valence-corrected chi connectivity index (χ2v) is 19.6. The Bertz CT molecular complexity index is 453. The fourth-order valence-corrected chi connectivity index (χ4v) is 5.77. The molecule has 0 aromatic heterocycles. The molecule has 2 nitrogen and oxygen atoms in total. The number of hydrogen-bond acceptors (Lipinski definition) is 2. The molecule has 142 valence electrons. The summed E-state index contributed by atoms with van der Waals surface area (Å²) < 4.78 is 13.3. The normalized spacial score (nSPS) is 25.8. The van der Waals surface area contributed by atoms with Gasteiger partial charge in [-0.15, -0.1) is 0 Å². The maximum absolute atomic E-state index is 6.89. The Balaban J connectivity index is 3.22. The van der Waals surface area contributed by atoms with Crippen molar-refractivity contribution in [2.45, 2.75) is 105 Å². The van der Waals surface area contributed by atoms with Gasteiger partial charge in [-0.05, 0) is 81.4 Å². The lowest BCUT2D eigenvalue weighted by Crippen LogP contribution is -2.46. The van der Waals surface area contributed by atoms with E-state index in [1.165, 1.54) is 18.4 Å². The Labute approximate surface area is 153 Å². The molecule has 0 spiro atoms. The number of rotatable bonds is 5. The third-order valence-electron chi connectivity index (χ3n) is 5.64. The van der Waals surface area contributed by atoms with E-state index < -0.39 is 16.6 Å². The highest BCUT2D eigenvalue weighted by Gasteiger charge is 2.42. The molecule has 0 saturated heterocycles. The zero-order valence-corrected chi connectivity index (χ0v) is 20.2. The topological polar surface area (TPSA) is 18.5 Å². The Morgan fingerprint density at radius 1 is 1.04 bits per heavy atom. The summed E-state index contributed by atoms with van der Waals surface area (Å²) in [6, 6.07) is 0. The first-order valence-corrected chi connectivity index (χ1v) is 16.0. The molecule has 1 aliphatic carbocycles. The van der Waals surface area contributed by atoms with Gasteiger partial charge in [-0.3, -0.25) is 0 Å². The molecule has 0 heterocycles. The van der Waals surface area contributed by atoms with Crippen LogP contribution in [0.1, 0.15) is 60.8 Å². The fourth-order valence-electron chi connectivity index (χ4n) is 3.43. The fraction of sp³-hybridized carbons (Fsp3) is 0.900. The molecule has 0 aromatic carbocycles. The van der Waals surface area contributed by atoms with E-state index in [0.717, 1.165) is 12.2 Å². The third kappa shape index (κ3) is 5.74. The highest BCUT2D eigenvalue weighted by atomic mass is 28.4. The van der Waals surface area contributed by atoms with Crippen LogP contribution < -0.4 is 0 Å². The number of hydrogen-bond donors (Lipinski definition) is 0. The average molecular weight is 371 g/mol. The minimum atomic E-state index is -1.78. The van der Waals surface area contributed by atoms with Crippen molar-refractivity contribution in [3.05, 3.63) is 11.3 Å². The second kappa shape index (κ2) is 7.67. The summed E-state index contributed by atoms with van der Waals surface area (Å²) in [5, 5.41) is 0.246. The standard InChI is InChI=1S/C20H42O2Si2/c1-15(2)17-13-12-14-18(22-24(10,11)20(4,5)6)19(17)16(3)21-23(7,8)9/h15,17-18H,12-14H2,1-11H3/b19-16+/t17-,18+/m1/s1. The maximum Gasteiger partial charge on any atom is 0.241 e. The summed E-state index contributed by atoms with van der Waals surface area (Å²) in [6.07, 6.45) is 3.95. The minimum Gasteiger partial charge on any atom is -0.547 e. The number of allylic oxidation sites excluding steroid dienone is 1. The lowest BCUT2D eigenvalue weighted by Gasteiger charge is -2.44. The molecule has 0 aromatic rings. The van der Waals surface area contributed by atoms with Crippen LogP contribution in [0.3, 0.4) is 0 Å². The van der Waals surface area contributed by atoms with Crippen LogP contribution in [0.2, 0.25) is 37.8 Å². The van der Waals surface area contributed by atoms with Gasteiger partial charge in [0.1, 0.15) is 0 Å². The van der Waals surface area contributed by atoms with Crippen LogP contribution >= 0.6 is 0 Å². The van der Waals surface area contributed by atoms with Gasteiger partial charge in [0, 0.05) is 0 Å². The Kier molecular flexibility index (Phi) is 7.02. The lowest BCUT2D eigenvalue weighted by molar-refractivity contribution is 0.145. The zero-order valence-electron chi connectivity index (χ0n) is 18.2. The van der Waals surface area contributed by atoms with E-state index in [4.69, 9.17) is 8.85 Å². The zero-order chi connectivity index (χ0) is 18.9. The van der Waals surface area contributed by atoms with Crippen LogP contribution in [0, 0.1) is 11.8 Å². The SMILES string of the molecule is C/C(O[Si](C)(C)C)=C1\[C@@H](O[Si](C)(C)C(C)(C)C)CCC[C@@H]1C(C)C. The molecule has 0 N–H and O–H groups in total. The molecular weight excluding hydrogens is 328 g/mol. The van der Waals surface area contributed by atoms with E-state index >= 15 is 0 Å². The van der Waals surface area contributed by atoms with E-state index in [0.29, 0.717) is 11.8 Å². The first kappa shape index (κ1) is 22.0. The van der Waals surface area contributed by atoms with Crippen LogP contribution in [0.15, 0.2) is 11.3 Å². The molecule has 0 amide bonds. The van der Waals surface area contributed by atoms with Crippen LogP contribution in [-0.2, 0) is 8.85 Å². The quantitative estimate of drug-likeness (QED) is 0.384. The van der Waals surface area contributed by atoms with Crippen molar-refractivity contribution in [3.8, 4) is 0 Å². The molecule has 2 atom stereocenters. The van der Waals surface area contributed by atoms with E-state index in [2.05, 4.69) is 74.3 Å². The minimum absolute atomic E-state index is 0.246. The summed E-state index contributed by atoms with van der Waals surface area (Å²) in [7, 11) is -3.38. The molecule has 1 aliphatic rings. The Hall–Kier alpha value is -0.0662. The van der Waals surface area contributed by atoms with Crippen molar-refractivity contribution < 1.29 is 8.85 Å². The van der Waals surface area contributed by atoms with Crippen molar-refractivity contribution >= 4 is 16.6 Å². The molecule has 0 aliphatic heterocycles. The molecule has 1 saturated carbocycles. The van der Waals surface area contributed by atoms with Crippen molar-refractivity contribution in [2.75, 3.05) is 0 Å². The van der Waals surface area contributed by atoms with E-state index in [1.807, 2.05) is 0 Å². The van der Waals surface area contributed by atoms with Gasteiger partial charge >= 0.3 is 0 Å². The maximum atomic E-state index is 6.89. The van der Waals surface area contributed by atoms with Gasteiger partial charge in [0.05, 0.1) is 11.9 Å². The van der Waals surface area contributed by atoms with E-state index in [1.54, 1.807) is 0 Å². The summed E-state index contributed by atoms with van der Waals surface area (Å²) in [4.78, 5) is 0.